The van der Waals surface area contributed by atoms with Crippen LogP contribution in [0.4, 0.5) is 5.69 Å². The van der Waals surface area contributed by atoms with Crippen LogP contribution in [0.5, 0.6) is 0 Å². The Labute approximate surface area is 395 Å². The summed E-state index contributed by atoms with van der Waals surface area (Å²) in [6.45, 7) is 24.3. The number of para-hydroxylation sites is 1. The standard InChI is InChI=1S/C50H86N4O12/c1-15-23-51-29-50(59)35(9)62-39(27-48(50,11)60-14)64-40-32(6)43(66-45-41-37(25-31(5)61-45)53(13)46(65-41)52-36-21-19-18-20-22-36)47(10,57)26-30(4)28-54(24-16-2)34(8)42(55)49(12,58)38(17-3)63-44(56)33(40)7/h18-22,30-35,37-43,45,51,55,57-59H,15-17,23-29H2,1-14H3/b52-46-/t30-,31-,32+,33-,34-,35+,37+,38-,39+,40+,41-,42-,43-,45+,47-,48-,49-,50+/m1/s1. The van der Waals surface area contributed by atoms with Crippen molar-refractivity contribution in [1.29, 1.82) is 0 Å². The maximum Gasteiger partial charge on any atom is 0.311 e. The van der Waals surface area contributed by atoms with Crippen LogP contribution in [0.2, 0.25) is 0 Å². The number of hydrogen-bond donors (Lipinski definition) is 5. The van der Waals surface area contributed by atoms with Gasteiger partial charge in [0.25, 0.3) is 6.02 Å². The zero-order chi connectivity index (χ0) is 48.9. The zero-order valence-corrected chi connectivity index (χ0v) is 42.4. The number of esters is 1. The van der Waals surface area contributed by atoms with Gasteiger partial charge in [-0.1, -0.05) is 52.8 Å². The topological polar surface area (TPSA) is 193 Å². The van der Waals surface area contributed by atoms with E-state index in [2.05, 4.69) is 31.0 Å². The van der Waals surface area contributed by atoms with Gasteiger partial charge >= 0.3 is 5.97 Å². The number of aliphatic imine (C=N–C) groups is 1. The highest BCUT2D eigenvalue weighted by Crippen LogP contribution is 2.44. The number of nitrogens with zero attached hydrogens (tertiary/aromatic N) is 3. The Kier molecular flexibility index (Phi) is 18.6. The van der Waals surface area contributed by atoms with E-state index in [0.29, 0.717) is 32.1 Å². The second kappa shape index (κ2) is 22.5. The van der Waals surface area contributed by atoms with Crippen molar-refractivity contribution in [2.45, 2.75) is 211 Å². The Morgan fingerprint density at radius 3 is 2.23 bits per heavy atom. The highest BCUT2D eigenvalue weighted by molar-refractivity contribution is 5.79. The molecule has 1 aromatic rings. The van der Waals surface area contributed by atoms with E-state index >= 15 is 0 Å². The Morgan fingerprint density at radius 1 is 0.924 bits per heavy atom. The Bertz CT molecular complexity index is 1720. The molecule has 16 heteroatoms. The van der Waals surface area contributed by atoms with Gasteiger partial charge < -0.3 is 63.8 Å². The second-order valence-corrected chi connectivity index (χ2v) is 20.7. The first-order valence-electron chi connectivity index (χ1n) is 24.7. The molecule has 0 aromatic heterocycles. The van der Waals surface area contributed by atoms with Gasteiger partial charge in [0.15, 0.2) is 18.7 Å². The molecule has 378 valence electrons. The van der Waals surface area contributed by atoms with Crippen molar-refractivity contribution in [1.82, 2.24) is 15.1 Å². The molecule has 5 N–H and O–H groups in total. The first-order chi connectivity index (χ1) is 31.0. The lowest BCUT2D eigenvalue weighted by Crippen LogP contribution is -2.70. The van der Waals surface area contributed by atoms with E-state index < -0.39 is 95.5 Å². The molecule has 18 atom stereocenters. The van der Waals surface area contributed by atoms with E-state index in [4.69, 9.17) is 38.2 Å². The molecule has 0 radical (unpaired) electrons. The molecular weight excluding hydrogens is 849 g/mol. The summed E-state index contributed by atoms with van der Waals surface area (Å²) in [5.74, 6) is -2.60. The molecule has 1 aromatic carbocycles. The Hall–Kier alpha value is -2.48. The predicted octanol–water partition coefficient (Wildman–Crippen LogP) is 5.15. The van der Waals surface area contributed by atoms with Crippen LogP contribution in [0.1, 0.15) is 122 Å². The molecule has 4 saturated heterocycles. The summed E-state index contributed by atoms with van der Waals surface area (Å²) < 4.78 is 46.3. The van der Waals surface area contributed by atoms with Crippen LogP contribution in [-0.2, 0) is 38.0 Å². The SMILES string of the molecule is CCCNC[C@]1(O)[C@H](C)O[C@@H](O[C@H]2[C@H](C)[C@@H](O[C@@H]3O[C@H](C)C[C@H]4[C@H]3O/C(=N\c3ccccc3)N4C)[C@](C)(O)C[C@@H](C)CN(CCC)[C@H](C)[C@@H](O)[C@](C)(O)[C@@H](CC)OC(=O)[C@@H]2C)C[C@@]1(C)OC. The van der Waals surface area contributed by atoms with E-state index in [1.54, 1.807) is 27.9 Å². The number of nitrogens with one attached hydrogen (secondary N) is 1. The van der Waals surface area contributed by atoms with Crippen LogP contribution in [0.25, 0.3) is 0 Å². The molecule has 4 aliphatic heterocycles. The lowest BCUT2D eigenvalue weighted by Gasteiger charge is -2.53. The van der Waals surface area contributed by atoms with E-state index in [-0.39, 0.29) is 43.9 Å². The van der Waals surface area contributed by atoms with Crippen molar-refractivity contribution >= 4 is 17.7 Å². The first-order valence-corrected chi connectivity index (χ1v) is 24.7. The number of aliphatic hydroxyl groups excluding tert-OH is 1. The number of fused-ring (bicyclic) bond motifs is 1. The van der Waals surface area contributed by atoms with Gasteiger partial charge in [-0.25, -0.2) is 0 Å². The van der Waals surface area contributed by atoms with Crippen LogP contribution in [-0.4, -0.2) is 172 Å². The first kappa shape index (κ1) is 54.5. The Morgan fingerprint density at radius 2 is 1.61 bits per heavy atom. The maximum atomic E-state index is 14.7. The average molecular weight is 935 g/mol. The fourth-order valence-corrected chi connectivity index (χ4v) is 11.1. The summed E-state index contributed by atoms with van der Waals surface area (Å²) in [6, 6.07) is 9.33. The number of ether oxygens (including phenoxy) is 7. The van der Waals surface area contributed by atoms with Gasteiger partial charge in [0, 0.05) is 45.6 Å². The number of carbonyl (C=O) groups excluding carboxylic acids is 1. The molecule has 4 fully saturated rings. The number of methoxy groups -OCH3 is 1. The van der Waals surface area contributed by atoms with Crippen molar-refractivity contribution in [2.75, 3.05) is 40.3 Å². The van der Waals surface area contributed by atoms with Crippen LogP contribution >= 0.6 is 0 Å². The molecule has 0 bridgehead atoms. The maximum absolute atomic E-state index is 14.7. The minimum Gasteiger partial charge on any atom is -0.459 e. The Balaban J connectivity index is 1.60. The number of amidine groups is 1. The summed E-state index contributed by atoms with van der Waals surface area (Å²) in [6.07, 6.45) is -5.15. The third kappa shape index (κ3) is 11.7. The third-order valence-electron chi connectivity index (χ3n) is 15.2. The van der Waals surface area contributed by atoms with E-state index in [1.165, 1.54) is 6.92 Å². The second-order valence-electron chi connectivity index (χ2n) is 20.7. The zero-order valence-electron chi connectivity index (χ0n) is 42.4. The fourth-order valence-electron chi connectivity index (χ4n) is 11.1. The lowest BCUT2D eigenvalue weighted by atomic mass is 9.75. The summed E-state index contributed by atoms with van der Waals surface area (Å²) in [5, 5.41) is 52.6. The number of rotatable bonds is 13. The smallest absolute Gasteiger partial charge is 0.311 e. The normalized spacial score (nSPS) is 44.0. The molecule has 0 saturated carbocycles. The van der Waals surface area contributed by atoms with Gasteiger partial charge in [0.05, 0.1) is 47.7 Å². The average Bonchev–Trinajstić information content (AvgIpc) is 3.57. The number of carbonyl (C=O) groups is 1. The summed E-state index contributed by atoms with van der Waals surface area (Å²) in [7, 11) is 3.50. The van der Waals surface area contributed by atoms with Crippen LogP contribution in [0, 0.1) is 17.8 Å². The van der Waals surface area contributed by atoms with Gasteiger partial charge in [-0.05, 0) is 112 Å². The van der Waals surface area contributed by atoms with Gasteiger partial charge in [0.2, 0.25) is 0 Å². The summed E-state index contributed by atoms with van der Waals surface area (Å²) >= 11 is 0. The third-order valence-corrected chi connectivity index (χ3v) is 15.2. The lowest BCUT2D eigenvalue weighted by molar-refractivity contribution is -0.335. The molecule has 66 heavy (non-hydrogen) atoms. The van der Waals surface area contributed by atoms with E-state index in [0.717, 1.165) is 18.5 Å². The molecule has 0 unspecified atom stereocenters. The number of likely N-dealkylation sites (N-methyl/N-ethyl adjacent to an activating group) is 1. The molecule has 5 rings (SSSR count). The number of benzene rings is 1. The van der Waals surface area contributed by atoms with Crippen molar-refractivity contribution in [3.05, 3.63) is 30.3 Å². The molecule has 0 aliphatic carbocycles. The van der Waals surface area contributed by atoms with E-state index in [9.17, 15) is 25.2 Å². The number of hydrogen-bond acceptors (Lipinski definition) is 15. The molecule has 4 heterocycles. The quantitative estimate of drug-likeness (QED) is 0.129. The summed E-state index contributed by atoms with van der Waals surface area (Å²) in [4.78, 5) is 23.7. The highest BCUT2D eigenvalue weighted by Gasteiger charge is 2.59. The monoisotopic (exact) mass is 935 g/mol. The number of aliphatic hydroxyl groups is 4. The van der Waals surface area contributed by atoms with Crippen LogP contribution in [0.15, 0.2) is 35.3 Å². The van der Waals surface area contributed by atoms with Crippen molar-refractivity contribution in [3.8, 4) is 0 Å². The largest absolute Gasteiger partial charge is 0.459 e. The predicted molar refractivity (Wildman–Crippen MR) is 252 cm³/mol. The number of cyclic esters (lactones) is 1. The van der Waals surface area contributed by atoms with Gasteiger partial charge in [-0.15, -0.1) is 0 Å². The van der Waals surface area contributed by atoms with Crippen molar-refractivity contribution in [3.63, 3.8) is 0 Å². The van der Waals surface area contributed by atoms with Gasteiger partial charge in [0.1, 0.15) is 29.0 Å². The van der Waals surface area contributed by atoms with E-state index in [1.807, 2.05) is 76.9 Å². The molecule has 4 aliphatic rings. The van der Waals surface area contributed by atoms with Crippen LogP contribution in [0.3, 0.4) is 0 Å². The molecular formula is C50H86N4O12. The molecule has 16 nitrogen and oxygen atoms in total. The molecule has 0 spiro atoms. The minimum atomic E-state index is -1.82. The molecule has 0 amide bonds. The van der Waals surface area contributed by atoms with Crippen LogP contribution < -0.4 is 5.32 Å². The van der Waals surface area contributed by atoms with Gasteiger partial charge in [-0.3, -0.25) is 9.69 Å². The highest BCUT2D eigenvalue weighted by atomic mass is 16.7. The van der Waals surface area contributed by atoms with Gasteiger partial charge in [-0.2, -0.15) is 4.99 Å². The minimum absolute atomic E-state index is 0.0996. The van der Waals surface area contributed by atoms with Crippen molar-refractivity contribution in [2.24, 2.45) is 22.7 Å². The fraction of sp³-hybridized carbons (Fsp3) is 0.840. The van der Waals surface area contributed by atoms with Crippen molar-refractivity contribution < 1.29 is 58.4 Å². The summed E-state index contributed by atoms with van der Waals surface area (Å²) in [5.41, 5.74) is -5.23.